The van der Waals surface area contributed by atoms with Crippen LogP contribution in [0.25, 0.3) is 0 Å². The predicted octanol–water partition coefficient (Wildman–Crippen LogP) is 2.11. The molecule has 1 fully saturated rings. The van der Waals surface area contributed by atoms with E-state index in [1.54, 1.807) is 0 Å². The van der Waals surface area contributed by atoms with E-state index in [9.17, 15) is 5.11 Å². The smallest absolute Gasteiger partial charge is 0.126 e. The maximum atomic E-state index is 10.1. The lowest BCUT2D eigenvalue weighted by atomic mass is 10.0. The number of nitrogens with one attached hydrogen (secondary N) is 1. The second-order valence-electron chi connectivity index (χ2n) is 4.45. The van der Waals surface area contributed by atoms with Crippen LogP contribution in [0.4, 0.5) is 5.82 Å². The molecule has 2 N–H and O–H groups in total. The first kappa shape index (κ1) is 10.4. The minimum absolute atomic E-state index is 0.509. The molecule has 0 bridgehead atoms. The van der Waals surface area contributed by atoms with Crippen molar-refractivity contribution in [3.8, 4) is 0 Å². The largest absolute Gasteiger partial charge is 0.388 e. The van der Waals surface area contributed by atoms with Gasteiger partial charge in [0.2, 0.25) is 0 Å². The third-order valence-corrected chi connectivity index (χ3v) is 3.02. The topological polar surface area (TPSA) is 45.1 Å². The van der Waals surface area contributed by atoms with Gasteiger partial charge in [0.25, 0.3) is 0 Å². The highest BCUT2D eigenvalue weighted by Gasteiger charge is 2.30. The van der Waals surface area contributed by atoms with E-state index in [1.165, 1.54) is 0 Å². The quantitative estimate of drug-likeness (QED) is 0.796. The maximum Gasteiger partial charge on any atom is 0.126 e. The summed E-state index contributed by atoms with van der Waals surface area (Å²) in [5, 5.41) is 13.3. The molecule has 0 saturated heterocycles. The molecule has 3 heteroatoms. The molecule has 0 aromatic carbocycles. The molecule has 1 aromatic rings. The fraction of sp³-hybridized carbons (Fsp3) is 0.583. The van der Waals surface area contributed by atoms with Crippen LogP contribution in [0.1, 0.15) is 31.4 Å². The highest BCUT2D eigenvalue weighted by atomic mass is 16.3. The normalized spacial score (nSPS) is 19.1. The summed E-state index contributed by atoms with van der Waals surface area (Å²) in [6.07, 6.45) is 4.09. The van der Waals surface area contributed by atoms with Crippen molar-refractivity contribution in [1.82, 2.24) is 4.98 Å². The average Bonchev–Trinajstić information content (AvgIpc) is 2.63. The minimum Gasteiger partial charge on any atom is -0.388 e. The molecular weight excluding hydrogens is 188 g/mol. The summed E-state index contributed by atoms with van der Waals surface area (Å²) in [7, 11) is 0. The van der Waals surface area contributed by atoms with E-state index >= 15 is 0 Å². The first-order valence-corrected chi connectivity index (χ1v) is 5.58. The van der Waals surface area contributed by atoms with Gasteiger partial charge in [-0.25, -0.2) is 4.98 Å². The number of rotatable bonds is 3. The molecule has 0 atom stereocenters. The highest BCUT2D eigenvalue weighted by molar-refractivity contribution is 5.35. The van der Waals surface area contributed by atoms with Crippen LogP contribution in [0, 0.1) is 6.92 Å². The van der Waals surface area contributed by atoms with Crippen LogP contribution in [0.3, 0.4) is 0 Å². The van der Waals surface area contributed by atoms with Crippen molar-refractivity contribution in [3.05, 3.63) is 23.9 Å². The highest BCUT2D eigenvalue weighted by Crippen LogP contribution is 2.29. The fourth-order valence-corrected chi connectivity index (χ4v) is 2.11. The lowest BCUT2D eigenvalue weighted by molar-refractivity contribution is 0.0614. The van der Waals surface area contributed by atoms with Gasteiger partial charge in [0.1, 0.15) is 5.82 Å². The number of aryl methyl sites for hydroxylation is 1. The minimum atomic E-state index is -0.509. The van der Waals surface area contributed by atoms with E-state index in [4.69, 9.17) is 0 Å². The molecule has 1 aliphatic carbocycles. The molecule has 0 radical (unpaired) electrons. The Bertz CT molecular complexity index is 332. The first-order valence-electron chi connectivity index (χ1n) is 5.58. The van der Waals surface area contributed by atoms with E-state index in [0.29, 0.717) is 6.54 Å². The molecule has 0 unspecified atom stereocenters. The van der Waals surface area contributed by atoms with Gasteiger partial charge in [-0.3, -0.25) is 0 Å². The van der Waals surface area contributed by atoms with Crippen molar-refractivity contribution >= 4 is 5.82 Å². The van der Waals surface area contributed by atoms with Gasteiger partial charge in [0.05, 0.1) is 5.60 Å². The molecule has 1 saturated carbocycles. The number of pyridine rings is 1. The molecule has 2 rings (SSSR count). The van der Waals surface area contributed by atoms with Crippen molar-refractivity contribution in [2.75, 3.05) is 11.9 Å². The zero-order chi connectivity index (χ0) is 10.7. The van der Waals surface area contributed by atoms with Gasteiger partial charge < -0.3 is 10.4 Å². The van der Waals surface area contributed by atoms with Crippen molar-refractivity contribution in [2.24, 2.45) is 0 Å². The lowest BCUT2D eigenvalue weighted by Crippen LogP contribution is -2.33. The molecule has 0 spiro atoms. The first-order chi connectivity index (χ1) is 7.18. The molecule has 0 amide bonds. The van der Waals surface area contributed by atoms with Crippen LogP contribution in [0.2, 0.25) is 0 Å². The van der Waals surface area contributed by atoms with Crippen LogP contribution < -0.4 is 5.32 Å². The molecule has 15 heavy (non-hydrogen) atoms. The Hall–Kier alpha value is -1.09. The standard InChI is InChI=1S/C12H18N2O/c1-10-5-4-6-11(14-10)13-9-12(15)7-2-3-8-12/h4-6,15H,2-3,7-9H2,1H3,(H,13,14). The monoisotopic (exact) mass is 206 g/mol. The van der Waals surface area contributed by atoms with E-state index in [1.807, 2.05) is 25.1 Å². The Morgan fingerprint density at radius 1 is 1.40 bits per heavy atom. The summed E-state index contributed by atoms with van der Waals surface area (Å²) in [6.45, 7) is 2.58. The average molecular weight is 206 g/mol. The van der Waals surface area contributed by atoms with E-state index in [2.05, 4.69) is 10.3 Å². The van der Waals surface area contributed by atoms with Crippen LogP contribution in [0.15, 0.2) is 18.2 Å². The third kappa shape index (κ3) is 2.69. The van der Waals surface area contributed by atoms with Gasteiger partial charge >= 0.3 is 0 Å². The number of nitrogens with zero attached hydrogens (tertiary/aromatic N) is 1. The summed E-state index contributed by atoms with van der Waals surface area (Å²) in [5.74, 6) is 0.857. The van der Waals surface area contributed by atoms with Crippen molar-refractivity contribution in [1.29, 1.82) is 0 Å². The zero-order valence-corrected chi connectivity index (χ0v) is 9.16. The van der Waals surface area contributed by atoms with E-state index < -0.39 is 5.60 Å². The maximum absolute atomic E-state index is 10.1. The predicted molar refractivity (Wildman–Crippen MR) is 60.9 cm³/mol. The summed E-state index contributed by atoms with van der Waals surface area (Å²) >= 11 is 0. The van der Waals surface area contributed by atoms with Crippen molar-refractivity contribution in [2.45, 2.75) is 38.2 Å². The molecule has 0 aliphatic heterocycles. The Morgan fingerprint density at radius 2 is 2.13 bits per heavy atom. The van der Waals surface area contributed by atoms with Gasteiger partial charge in [-0.15, -0.1) is 0 Å². The SMILES string of the molecule is Cc1cccc(NCC2(O)CCCC2)n1. The van der Waals surface area contributed by atoms with E-state index in [-0.39, 0.29) is 0 Å². The Kier molecular flexibility index (Phi) is 2.91. The fourth-order valence-electron chi connectivity index (χ4n) is 2.11. The Labute approximate surface area is 90.5 Å². The number of aliphatic hydroxyl groups is 1. The molecule has 82 valence electrons. The summed E-state index contributed by atoms with van der Waals surface area (Å²) in [4.78, 5) is 4.34. The molecule has 1 aromatic heterocycles. The molecule has 3 nitrogen and oxygen atoms in total. The summed E-state index contributed by atoms with van der Waals surface area (Å²) in [6, 6.07) is 5.88. The third-order valence-electron chi connectivity index (χ3n) is 3.02. The van der Waals surface area contributed by atoms with Crippen LogP contribution >= 0.6 is 0 Å². The van der Waals surface area contributed by atoms with Gasteiger partial charge in [-0.2, -0.15) is 0 Å². The van der Waals surface area contributed by atoms with Gasteiger partial charge in [0.15, 0.2) is 0 Å². The molecule has 1 heterocycles. The summed E-state index contributed by atoms with van der Waals surface area (Å²) in [5.41, 5.74) is 0.490. The molecular formula is C12H18N2O. The number of aromatic nitrogens is 1. The van der Waals surface area contributed by atoms with Crippen LogP contribution in [-0.2, 0) is 0 Å². The Morgan fingerprint density at radius 3 is 2.80 bits per heavy atom. The zero-order valence-electron chi connectivity index (χ0n) is 9.16. The van der Waals surface area contributed by atoms with Crippen molar-refractivity contribution in [3.63, 3.8) is 0 Å². The lowest BCUT2D eigenvalue weighted by Gasteiger charge is -2.22. The van der Waals surface area contributed by atoms with Gasteiger partial charge in [-0.05, 0) is 31.9 Å². The van der Waals surface area contributed by atoms with Gasteiger partial charge in [-0.1, -0.05) is 18.9 Å². The second-order valence-corrected chi connectivity index (χ2v) is 4.45. The number of hydrogen-bond donors (Lipinski definition) is 2. The molecule has 1 aliphatic rings. The number of anilines is 1. The van der Waals surface area contributed by atoms with Gasteiger partial charge in [0, 0.05) is 12.2 Å². The van der Waals surface area contributed by atoms with Crippen LogP contribution in [0.5, 0.6) is 0 Å². The summed E-state index contributed by atoms with van der Waals surface area (Å²) < 4.78 is 0. The van der Waals surface area contributed by atoms with E-state index in [0.717, 1.165) is 37.2 Å². The Balaban J connectivity index is 1.92. The van der Waals surface area contributed by atoms with Crippen LogP contribution in [-0.4, -0.2) is 22.2 Å². The second kappa shape index (κ2) is 4.19. The van der Waals surface area contributed by atoms with Crippen molar-refractivity contribution < 1.29 is 5.11 Å². The number of hydrogen-bond acceptors (Lipinski definition) is 3.